The Kier molecular flexibility index (Phi) is 5.41. The molecule has 0 bridgehead atoms. The van der Waals surface area contributed by atoms with Crippen LogP contribution >= 0.6 is 0 Å². The molecular weight excluding hydrogens is 232 g/mol. The van der Waals surface area contributed by atoms with Gasteiger partial charge in [-0.05, 0) is 52.3 Å². The number of hydrogen-bond acceptors (Lipinski definition) is 2. The molecule has 0 amide bonds. The van der Waals surface area contributed by atoms with Crippen LogP contribution in [0.15, 0.2) is 24.3 Å². The summed E-state index contributed by atoms with van der Waals surface area (Å²) in [7, 11) is 0. The van der Waals surface area contributed by atoms with Gasteiger partial charge in [-0.2, -0.15) is 0 Å². The van der Waals surface area contributed by atoms with E-state index >= 15 is 0 Å². The van der Waals surface area contributed by atoms with E-state index in [1.165, 1.54) is 43.5 Å². The number of rotatable bonds is 5. The molecule has 0 radical (unpaired) electrons. The third kappa shape index (κ3) is 4.32. The Morgan fingerprint density at radius 2 is 1.89 bits per heavy atom. The number of nitrogens with zero attached hydrogens (tertiary/aromatic N) is 1. The number of benzene rings is 1. The van der Waals surface area contributed by atoms with Crippen molar-refractivity contribution < 1.29 is 0 Å². The maximum absolute atomic E-state index is 3.68. The summed E-state index contributed by atoms with van der Waals surface area (Å²) >= 11 is 0. The highest BCUT2D eigenvalue weighted by Gasteiger charge is 2.17. The van der Waals surface area contributed by atoms with E-state index in [2.05, 4.69) is 55.3 Å². The van der Waals surface area contributed by atoms with Crippen LogP contribution in [0, 0.1) is 6.92 Å². The fourth-order valence-electron chi connectivity index (χ4n) is 2.89. The fraction of sp³-hybridized carbons (Fsp3) is 0.647. The van der Waals surface area contributed by atoms with Crippen LogP contribution in [0.1, 0.15) is 50.3 Å². The number of likely N-dealkylation sites (tertiary alicyclic amines) is 1. The van der Waals surface area contributed by atoms with Gasteiger partial charge < -0.3 is 5.32 Å². The highest BCUT2D eigenvalue weighted by Crippen LogP contribution is 2.15. The van der Waals surface area contributed by atoms with Crippen LogP contribution in [-0.2, 0) is 0 Å². The van der Waals surface area contributed by atoms with Crippen LogP contribution in [0.2, 0.25) is 0 Å². The predicted molar refractivity (Wildman–Crippen MR) is 82.5 cm³/mol. The summed E-state index contributed by atoms with van der Waals surface area (Å²) in [6, 6.07) is 9.89. The summed E-state index contributed by atoms with van der Waals surface area (Å²) < 4.78 is 0. The zero-order valence-corrected chi connectivity index (χ0v) is 12.7. The van der Waals surface area contributed by atoms with Gasteiger partial charge in [0.25, 0.3) is 0 Å². The summed E-state index contributed by atoms with van der Waals surface area (Å²) in [5.41, 5.74) is 2.74. The minimum absolute atomic E-state index is 0.437. The molecule has 2 atom stereocenters. The Bertz CT molecular complexity index is 383. The molecule has 1 aromatic rings. The molecule has 1 N–H and O–H groups in total. The molecule has 1 heterocycles. The third-order valence-electron chi connectivity index (χ3n) is 4.28. The number of hydrogen-bond donors (Lipinski definition) is 1. The minimum atomic E-state index is 0.437. The van der Waals surface area contributed by atoms with Crippen LogP contribution in [0.3, 0.4) is 0 Å². The number of aryl methyl sites for hydroxylation is 1. The first-order valence-corrected chi connectivity index (χ1v) is 7.71. The lowest BCUT2D eigenvalue weighted by molar-refractivity contribution is 0.168. The van der Waals surface area contributed by atoms with Crippen LogP contribution in [-0.4, -0.2) is 30.6 Å². The molecule has 2 unspecified atom stereocenters. The van der Waals surface area contributed by atoms with E-state index < -0.39 is 0 Å². The molecule has 2 heteroatoms. The van der Waals surface area contributed by atoms with Crippen molar-refractivity contribution in [2.75, 3.05) is 19.6 Å². The minimum Gasteiger partial charge on any atom is -0.309 e. The van der Waals surface area contributed by atoms with E-state index in [0.29, 0.717) is 12.1 Å². The second-order valence-electron chi connectivity index (χ2n) is 5.99. The molecule has 1 saturated heterocycles. The second-order valence-corrected chi connectivity index (χ2v) is 5.99. The quantitative estimate of drug-likeness (QED) is 0.871. The van der Waals surface area contributed by atoms with Gasteiger partial charge in [-0.25, -0.2) is 0 Å². The molecule has 1 aliphatic heterocycles. The first-order valence-electron chi connectivity index (χ1n) is 7.71. The Hall–Kier alpha value is -0.860. The summed E-state index contributed by atoms with van der Waals surface area (Å²) in [6.07, 6.45) is 4.16. The van der Waals surface area contributed by atoms with Crippen LogP contribution < -0.4 is 5.32 Å². The van der Waals surface area contributed by atoms with Crippen molar-refractivity contribution in [3.63, 3.8) is 0 Å². The molecule has 1 fully saturated rings. The third-order valence-corrected chi connectivity index (χ3v) is 4.28. The first-order chi connectivity index (χ1) is 9.16. The molecule has 1 aliphatic rings. The average Bonchev–Trinajstić information content (AvgIpc) is 2.45. The fourth-order valence-corrected chi connectivity index (χ4v) is 2.89. The van der Waals surface area contributed by atoms with Gasteiger partial charge in [0.1, 0.15) is 0 Å². The van der Waals surface area contributed by atoms with Crippen molar-refractivity contribution in [2.24, 2.45) is 0 Å². The average molecular weight is 260 g/mol. The Morgan fingerprint density at radius 3 is 2.58 bits per heavy atom. The van der Waals surface area contributed by atoms with Gasteiger partial charge in [-0.1, -0.05) is 36.2 Å². The monoisotopic (exact) mass is 260 g/mol. The molecule has 106 valence electrons. The van der Waals surface area contributed by atoms with Crippen molar-refractivity contribution in [3.8, 4) is 0 Å². The highest BCUT2D eigenvalue weighted by molar-refractivity contribution is 5.24. The Morgan fingerprint density at radius 1 is 1.16 bits per heavy atom. The van der Waals surface area contributed by atoms with Gasteiger partial charge in [0.15, 0.2) is 0 Å². The van der Waals surface area contributed by atoms with E-state index in [9.17, 15) is 0 Å². The summed E-state index contributed by atoms with van der Waals surface area (Å²) in [6.45, 7) is 10.4. The van der Waals surface area contributed by atoms with Gasteiger partial charge >= 0.3 is 0 Å². The molecule has 1 aromatic carbocycles. The number of piperidine rings is 1. The van der Waals surface area contributed by atoms with Gasteiger partial charge in [0.05, 0.1) is 0 Å². The van der Waals surface area contributed by atoms with Crippen molar-refractivity contribution in [3.05, 3.63) is 35.4 Å². The Labute approximate surface area is 118 Å². The van der Waals surface area contributed by atoms with E-state index in [1.807, 2.05) is 0 Å². The molecule has 0 aromatic heterocycles. The molecule has 2 rings (SSSR count). The van der Waals surface area contributed by atoms with Gasteiger partial charge in [0, 0.05) is 18.6 Å². The van der Waals surface area contributed by atoms with E-state index in [4.69, 9.17) is 0 Å². The predicted octanol–water partition coefficient (Wildman–Crippen LogP) is 3.52. The van der Waals surface area contributed by atoms with Crippen molar-refractivity contribution >= 4 is 0 Å². The molecule has 2 nitrogen and oxygen atoms in total. The molecule has 19 heavy (non-hydrogen) atoms. The van der Waals surface area contributed by atoms with Crippen molar-refractivity contribution in [1.82, 2.24) is 10.2 Å². The molecule has 0 aliphatic carbocycles. The lowest BCUT2D eigenvalue weighted by atomic mass is 10.1. The second kappa shape index (κ2) is 7.06. The topological polar surface area (TPSA) is 15.3 Å². The largest absolute Gasteiger partial charge is 0.309 e. The van der Waals surface area contributed by atoms with Crippen LogP contribution in [0.4, 0.5) is 0 Å². The molecule has 0 saturated carbocycles. The molecular formula is C17H28N2. The highest BCUT2D eigenvalue weighted by atomic mass is 15.2. The zero-order valence-electron chi connectivity index (χ0n) is 12.7. The van der Waals surface area contributed by atoms with Gasteiger partial charge in [-0.15, -0.1) is 0 Å². The van der Waals surface area contributed by atoms with Crippen molar-refractivity contribution in [2.45, 2.75) is 52.1 Å². The van der Waals surface area contributed by atoms with Gasteiger partial charge in [0.2, 0.25) is 0 Å². The summed E-state index contributed by atoms with van der Waals surface area (Å²) in [4.78, 5) is 2.62. The SMILES string of the molecule is Cc1cccc(C(C)NCC(C)N2CCCCC2)c1. The summed E-state index contributed by atoms with van der Waals surface area (Å²) in [5, 5.41) is 3.68. The smallest absolute Gasteiger partial charge is 0.0292 e. The van der Waals surface area contributed by atoms with E-state index in [-0.39, 0.29) is 0 Å². The van der Waals surface area contributed by atoms with Crippen LogP contribution in [0.25, 0.3) is 0 Å². The maximum Gasteiger partial charge on any atom is 0.0292 e. The van der Waals surface area contributed by atoms with Gasteiger partial charge in [-0.3, -0.25) is 4.90 Å². The standard InChI is InChI=1S/C17H28N2/c1-14-8-7-9-17(12-14)16(3)18-13-15(2)19-10-5-4-6-11-19/h7-9,12,15-16,18H,4-6,10-11,13H2,1-3H3. The number of nitrogens with one attached hydrogen (secondary N) is 1. The summed E-state index contributed by atoms with van der Waals surface area (Å²) in [5.74, 6) is 0. The normalized spacial score (nSPS) is 20.2. The molecule has 0 spiro atoms. The van der Waals surface area contributed by atoms with E-state index in [1.54, 1.807) is 0 Å². The lowest BCUT2D eigenvalue weighted by Crippen LogP contribution is -2.43. The maximum atomic E-state index is 3.68. The van der Waals surface area contributed by atoms with E-state index in [0.717, 1.165) is 6.54 Å². The van der Waals surface area contributed by atoms with Crippen molar-refractivity contribution in [1.29, 1.82) is 0 Å². The lowest BCUT2D eigenvalue weighted by Gasteiger charge is -2.33. The Balaban J connectivity index is 1.80. The first kappa shape index (κ1) is 14.5. The van der Waals surface area contributed by atoms with Crippen LogP contribution in [0.5, 0.6) is 0 Å². The zero-order chi connectivity index (χ0) is 13.7.